The van der Waals surface area contributed by atoms with Crippen LogP contribution in [0.2, 0.25) is 0 Å². The number of hydrazone groups is 1. The van der Waals surface area contributed by atoms with E-state index in [1.807, 2.05) is 0 Å². The Bertz CT molecular complexity index is 181. The molecule has 11 heavy (non-hydrogen) atoms. The molecule has 1 saturated carbocycles. The topological polar surface area (TPSA) is 50.4 Å². The molecule has 1 heterocycles. The lowest BCUT2D eigenvalue weighted by Gasteiger charge is -2.21. The smallest absolute Gasteiger partial charge is 0.136 e. The molecular formula is C7H13N3S. The van der Waals surface area contributed by atoms with Gasteiger partial charge in [-0.3, -0.25) is 0 Å². The summed E-state index contributed by atoms with van der Waals surface area (Å²) in [7, 11) is 0. The highest BCUT2D eigenvalue weighted by molar-refractivity contribution is 7.99. The largest absolute Gasteiger partial charge is 0.322 e. The Kier molecular flexibility index (Phi) is 1.94. The van der Waals surface area contributed by atoms with Gasteiger partial charge >= 0.3 is 0 Å². The molecule has 1 saturated heterocycles. The standard InChI is InChI=1S/C7H13N3S/c8-9-7-5-3-1-2-4-6(5)11-10-7/h5-6H,1-4,8H2,(H,9,10). The molecule has 3 nitrogen and oxygen atoms in total. The molecule has 62 valence electrons. The summed E-state index contributed by atoms with van der Waals surface area (Å²) in [5, 5.41) is 4.50. The molecular weight excluding hydrogens is 158 g/mol. The lowest BCUT2D eigenvalue weighted by molar-refractivity contribution is 0.456. The Balaban J connectivity index is 2.10. The van der Waals surface area contributed by atoms with Gasteiger partial charge in [-0.05, 0) is 24.8 Å². The van der Waals surface area contributed by atoms with Crippen molar-refractivity contribution in [3.05, 3.63) is 0 Å². The van der Waals surface area contributed by atoms with Gasteiger partial charge in [-0.25, -0.2) is 0 Å². The van der Waals surface area contributed by atoms with Gasteiger partial charge in [0.05, 0.1) is 0 Å². The van der Waals surface area contributed by atoms with Crippen molar-refractivity contribution in [3.8, 4) is 0 Å². The normalized spacial score (nSPS) is 40.2. The SMILES string of the molecule is N/N=C1\NSC2CCCCC12. The number of fused-ring (bicyclic) bond motifs is 1. The van der Waals surface area contributed by atoms with E-state index in [9.17, 15) is 0 Å². The average Bonchev–Trinajstić information content (AvgIpc) is 2.47. The maximum Gasteiger partial charge on any atom is 0.136 e. The maximum atomic E-state index is 5.25. The van der Waals surface area contributed by atoms with Crippen LogP contribution in [0.1, 0.15) is 25.7 Å². The summed E-state index contributed by atoms with van der Waals surface area (Å²) in [5.41, 5.74) is 0. The predicted octanol–water partition coefficient (Wildman–Crippen LogP) is 1.07. The number of hydrogen-bond acceptors (Lipinski definition) is 3. The monoisotopic (exact) mass is 171 g/mol. The van der Waals surface area contributed by atoms with Crippen molar-refractivity contribution < 1.29 is 0 Å². The third-order valence-electron chi connectivity index (χ3n) is 2.51. The third-order valence-corrected chi connectivity index (χ3v) is 3.70. The van der Waals surface area contributed by atoms with Crippen molar-refractivity contribution in [1.82, 2.24) is 4.72 Å². The van der Waals surface area contributed by atoms with Crippen LogP contribution in [0, 0.1) is 5.92 Å². The molecule has 1 aliphatic carbocycles. The van der Waals surface area contributed by atoms with E-state index in [2.05, 4.69) is 9.82 Å². The summed E-state index contributed by atoms with van der Waals surface area (Å²) in [6.07, 6.45) is 5.29. The summed E-state index contributed by atoms with van der Waals surface area (Å²) < 4.78 is 3.19. The highest BCUT2D eigenvalue weighted by atomic mass is 32.2. The van der Waals surface area contributed by atoms with Crippen LogP contribution in [0.15, 0.2) is 5.10 Å². The van der Waals surface area contributed by atoms with Crippen LogP contribution in [0.4, 0.5) is 0 Å². The molecule has 2 unspecified atom stereocenters. The molecule has 0 aromatic carbocycles. The van der Waals surface area contributed by atoms with Crippen LogP contribution in [-0.4, -0.2) is 11.1 Å². The first kappa shape index (κ1) is 7.28. The van der Waals surface area contributed by atoms with Crippen LogP contribution >= 0.6 is 11.9 Å². The van der Waals surface area contributed by atoms with Crippen molar-refractivity contribution in [2.24, 2.45) is 16.9 Å². The van der Waals surface area contributed by atoms with Crippen LogP contribution in [0.3, 0.4) is 0 Å². The van der Waals surface area contributed by atoms with E-state index in [1.165, 1.54) is 25.7 Å². The molecule has 2 aliphatic rings. The van der Waals surface area contributed by atoms with Gasteiger partial charge in [0.1, 0.15) is 5.84 Å². The Labute approximate surface area is 70.9 Å². The minimum atomic E-state index is 0.624. The number of hydrogen-bond donors (Lipinski definition) is 2. The molecule has 0 aromatic rings. The predicted molar refractivity (Wildman–Crippen MR) is 48.1 cm³/mol. The third kappa shape index (κ3) is 1.20. The second kappa shape index (κ2) is 2.93. The van der Waals surface area contributed by atoms with Crippen molar-refractivity contribution in [2.45, 2.75) is 30.9 Å². The fourth-order valence-corrected chi connectivity index (χ4v) is 3.07. The van der Waals surface area contributed by atoms with E-state index in [1.54, 1.807) is 11.9 Å². The van der Waals surface area contributed by atoms with Gasteiger partial charge in [-0.15, -0.1) is 0 Å². The summed E-state index contributed by atoms with van der Waals surface area (Å²) in [5.74, 6) is 6.89. The van der Waals surface area contributed by atoms with Crippen LogP contribution in [0.25, 0.3) is 0 Å². The molecule has 0 radical (unpaired) electrons. The Morgan fingerprint density at radius 3 is 3.09 bits per heavy atom. The van der Waals surface area contributed by atoms with Gasteiger partial charge in [-0.2, -0.15) is 5.10 Å². The van der Waals surface area contributed by atoms with E-state index >= 15 is 0 Å². The quantitative estimate of drug-likeness (QED) is 0.325. The highest BCUT2D eigenvalue weighted by Gasteiger charge is 2.35. The number of nitrogens with zero attached hydrogens (tertiary/aromatic N) is 1. The first-order valence-electron chi connectivity index (χ1n) is 4.11. The van der Waals surface area contributed by atoms with Crippen LogP contribution in [-0.2, 0) is 0 Å². The maximum absolute atomic E-state index is 5.25. The summed E-state index contributed by atoms with van der Waals surface area (Å²) >= 11 is 1.80. The fraction of sp³-hybridized carbons (Fsp3) is 0.857. The number of nitrogens with one attached hydrogen (secondary N) is 1. The molecule has 2 fully saturated rings. The molecule has 0 aromatic heterocycles. The highest BCUT2D eigenvalue weighted by Crippen LogP contribution is 2.37. The zero-order valence-corrected chi connectivity index (χ0v) is 7.23. The van der Waals surface area contributed by atoms with E-state index in [0.717, 1.165) is 11.1 Å². The second-order valence-electron chi connectivity index (χ2n) is 3.16. The van der Waals surface area contributed by atoms with Gasteiger partial charge in [0.25, 0.3) is 0 Å². The molecule has 2 rings (SSSR count). The van der Waals surface area contributed by atoms with Gasteiger partial charge in [0.15, 0.2) is 0 Å². The van der Waals surface area contributed by atoms with Gasteiger partial charge in [-0.1, -0.05) is 12.8 Å². The zero-order valence-electron chi connectivity index (χ0n) is 6.42. The van der Waals surface area contributed by atoms with Crippen LogP contribution in [0.5, 0.6) is 0 Å². The van der Waals surface area contributed by atoms with Crippen molar-refractivity contribution in [2.75, 3.05) is 0 Å². The summed E-state index contributed by atoms with van der Waals surface area (Å²) in [6, 6.07) is 0. The Morgan fingerprint density at radius 2 is 2.27 bits per heavy atom. The summed E-state index contributed by atoms with van der Waals surface area (Å²) in [6.45, 7) is 0. The zero-order chi connectivity index (χ0) is 7.68. The molecule has 3 N–H and O–H groups in total. The lowest BCUT2D eigenvalue weighted by Crippen LogP contribution is -2.25. The molecule has 2 atom stereocenters. The van der Waals surface area contributed by atoms with E-state index < -0.39 is 0 Å². The minimum absolute atomic E-state index is 0.624. The van der Waals surface area contributed by atoms with E-state index in [4.69, 9.17) is 5.84 Å². The number of nitrogens with two attached hydrogens (primary N) is 1. The first-order chi connectivity index (χ1) is 5.42. The van der Waals surface area contributed by atoms with Crippen molar-refractivity contribution >= 4 is 17.8 Å². The molecule has 1 aliphatic heterocycles. The van der Waals surface area contributed by atoms with E-state index in [-0.39, 0.29) is 0 Å². The number of amidine groups is 1. The average molecular weight is 171 g/mol. The van der Waals surface area contributed by atoms with Gasteiger partial charge in [0.2, 0.25) is 0 Å². The molecule has 0 amide bonds. The van der Waals surface area contributed by atoms with Gasteiger partial charge in [0, 0.05) is 11.2 Å². The second-order valence-corrected chi connectivity index (χ2v) is 4.21. The van der Waals surface area contributed by atoms with E-state index in [0.29, 0.717) is 5.92 Å². The summed E-state index contributed by atoms with van der Waals surface area (Å²) in [4.78, 5) is 0. The van der Waals surface area contributed by atoms with Crippen molar-refractivity contribution in [3.63, 3.8) is 0 Å². The Morgan fingerprint density at radius 1 is 1.45 bits per heavy atom. The number of rotatable bonds is 0. The van der Waals surface area contributed by atoms with Gasteiger partial charge < -0.3 is 10.6 Å². The minimum Gasteiger partial charge on any atom is -0.322 e. The van der Waals surface area contributed by atoms with Crippen molar-refractivity contribution in [1.29, 1.82) is 0 Å². The lowest BCUT2D eigenvalue weighted by atomic mass is 9.88. The first-order valence-corrected chi connectivity index (χ1v) is 4.99. The Hall–Kier alpha value is -0.380. The molecule has 0 bridgehead atoms. The molecule has 4 heteroatoms. The van der Waals surface area contributed by atoms with Crippen LogP contribution < -0.4 is 10.6 Å². The molecule has 0 spiro atoms. The fourth-order valence-electron chi connectivity index (χ4n) is 1.88.